The van der Waals surface area contributed by atoms with E-state index in [1.54, 1.807) is 11.3 Å². The summed E-state index contributed by atoms with van der Waals surface area (Å²) in [4.78, 5) is 16.7. The number of benzene rings is 2. The minimum atomic E-state index is 0.0237. The topological polar surface area (TPSA) is 51.2 Å². The number of aromatic nitrogens is 1. The number of para-hydroxylation sites is 1. The Morgan fingerprint density at radius 1 is 1.04 bits per heavy atom. The van der Waals surface area contributed by atoms with Gasteiger partial charge in [-0.1, -0.05) is 42.5 Å². The summed E-state index contributed by atoms with van der Waals surface area (Å²) in [5.74, 6) is 0.949. The number of carbonyl (C=O) groups excluding carboxylic acids is 1. The van der Waals surface area contributed by atoms with Gasteiger partial charge < -0.3 is 10.1 Å². The van der Waals surface area contributed by atoms with E-state index in [0.29, 0.717) is 26.0 Å². The molecule has 1 amide bonds. The van der Waals surface area contributed by atoms with E-state index in [0.717, 1.165) is 33.1 Å². The van der Waals surface area contributed by atoms with Crippen molar-refractivity contribution in [1.82, 2.24) is 10.3 Å². The molecular weight excluding hydrogens is 368 g/mol. The summed E-state index contributed by atoms with van der Waals surface area (Å²) >= 11 is 1.61. The van der Waals surface area contributed by atoms with Gasteiger partial charge in [-0.05, 0) is 43.9 Å². The van der Waals surface area contributed by atoms with E-state index in [1.807, 2.05) is 49.6 Å². The maximum absolute atomic E-state index is 12.1. The van der Waals surface area contributed by atoms with Crippen molar-refractivity contribution in [2.45, 2.75) is 40.2 Å². The Morgan fingerprint density at radius 3 is 2.50 bits per heavy atom. The lowest BCUT2D eigenvalue weighted by Gasteiger charge is -2.11. The fraction of sp³-hybridized carbons (Fsp3) is 0.304. The minimum Gasteiger partial charge on any atom is -0.493 e. The van der Waals surface area contributed by atoms with Crippen molar-refractivity contribution in [1.29, 1.82) is 0 Å². The average molecular weight is 395 g/mol. The number of nitrogens with one attached hydrogen (secondary N) is 1. The second-order valence-corrected chi connectivity index (χ2v) is 7.77. The summed E-state index contributed by atoms with van der Waals surface area (Å²) in [5, 5.41) is 5.95. The highest BCUT2D eigenvalue weighted by molar-refractivity contribution is 7.13. The molecule has 28 heavy (non-hydrogen) atoms. The van der Waals surface area contributed by atoms with Gasteiger partial charge in [0, 0.05) is 17.4 Å². The number of ether oxygens (including phenoxy) is 1. The average Bonchev–Trinajstić information content (AvgIpc) is 3.14. The quantitative estimate of drug-likeness (QED) is 0.534. The first-order valence-corrected chi connectivity index (χ1v) is 10.4. The zero-order chi connectivity index (χ0) is 19.9. The third-order valence-corrected chi connectivity index (χ3v) is 5.52. The molecule has 0 atom stereocenters. The van der Waals surface area contributed by atoms with E-state index in [9.17, 15) is 4.79 Å². The van der Waals surface area contributed by atoms with Crippen molar-refractivity contribution in [3.8, 4) is 16.3 Å². The van der Waals surface area contributed by atoms with Crippen LogP contribution < -0.4 is 10.1 Å². The predicted molar refractivity (Wildman–Crippen MR) is 115 cm³/mol. The first-order valence-electron chi connectivity index (χ1n) is 9.50. The molecule has 146 valence electrons. The summed E-state index contributed by atoms with van der Waals surface area (Å²) in [7, 11) is 0. The maximum Gasteiger partial charge on any atom is 0.220 e. The molecule has 1 heterocycles. The van der Waals surface area contributed by atoms with Crippen molar-refractivity contribution in [2.75, 3.05) is 6.61 Å². The SMILES string of the molecule is Cc1ccccc1-c1nc(CNC(=O)CCCOc2c(C)cccc2C)cs1. The summed E-state index contributed by atoms with van der Waals surface area (Å²) in [5.41, 5.74) is 5.49. The van der Waals surface area contributed by atoms with Gasteiger partial charge in [-0.2, -0.15) is 0 Å². The van der Waals surface area contributed by atoms with Crippen LogP contribution in [0.4, 0.5) is 0 Å². The minimum absolute atomic E-state index is 0.0237. The molecule has 2 aromatic carbocycles. The normalized spacial score (nSPS) is 10.7. The molecule has 1 N–H and O–H groups in total. The van der Waals surface area contributed by atoms with Crippen LogP contribution in [0.3, 0.4) is 0 Å². The lowest BCUT2D eigenvalue weighted by Crippen LogP contribution is -2.23. The van der Waals surface area contributed by atoms with Crippen molar-refractivity contribution in [3.63, 3.8) is 0 Å². The van der Waals surface area contributed by atoms with E-state index in [-0.39, 0.29) is 5.91 Å². The Bertz CT molecular complexity index is 929. The van der Waals surface area contributed by atoms with Gasteiger partial charge in [0.1, 0.15) is 10.8 Å². The molecular formula is C23H26N2O2S. The molecule has 3 rings (SSSR count). The van der Waals surface area contributed by atoms with E-state index in [2.05, 4.69) is 29.4 Å². The van der Waals surface area contributed by atoms with Crippen LogP contribution >= 0.6 is 11.3 Å². The number of thiazole rings is 1. The summed E-state index contributed by atoms with van der Waals surface area (Å²) in [6.45, 7) is 7.15. The monoisotopic (exact) mass is 394 g/mol. The van der Waals surface area contributed by atoms with Gasteiger partial charge in [0.2, 0.25) is 5.91 Å². The highest BCUT2D eigenvalue weighted by Gasteiger charge is 2.09. The zero-order valence-electron chi connectivity index (χ0n) is 16.6. The number of hydrogen-bond donors (Lipinski definition) is 1. The van der Waals surface area contributed by atoms with Crippen molar-refractivity contribution < 1.29 is 9.53 Å². The smallest absolute Gasteiger partial charge is 0.220 e. The Kier molecular flexibility index (Phi) is 6.82. The Morgan fingerprint density at radius 2 is 1.75 bits per heavy atom. The largest absolute Gasteiger partial charge is 0.493 e. The molecule has 0 aliphatic rings. The Hall–Kier alpha value is -2.66. The number of hydrogen-bond acceptors (Lipinski definition) is 4. The summed E-state index contributed by atoms with van der Waals surface area (Å²) in [6, 6.07) is 14.3. The molecule has 0 unspecified atom stereocenters. The highest BCUT2D eigenvalue weighted by atomic mass is 32.1. The predicted octanol–water partition coefficient (Wildman–Crippen LogP) is 5.21. The Balaban J connectivity index is 1.42. The van der Waals surface area contributed by atoms with Gasteiger partial charge in [-0.25, -0.2) is 4.98 Å². The molecule has 0 saturated heterocycles. The molecule has 0 bridgehead atoms. The molecule has 5 heteroatoms. The number of amides is 1. The molecule has 0 aliphatic carbocycles. The number of carbonyl (C=O) groups is 1. The van der Waals surface area contributed by atoms with Crippen LogP contribution in [0.25, 0.3) is 10.6 Å². The molecule has 0 radical (unpaired) electrons. The van der Waals surface area contributed by atoms with Gasteiger partial charge in [-0.3, -0.25) is 4.79 Å². The van der Waals surface area contributed by atoms with Crippen LogP contribution in [0, 0.1) is 20.8 Å². The van der Waals surface area contributed by atoms with Crippen LogP contribution in [0.5, 0.6) is 5.75 Å². The van der Waals surface area contributed by atoms with Crippen LogP contribution in [0.15, 0.2) is 47.8 Å². The maximum atomic E-state index is 12.1. The van der Waals surface area contributed by atoms with Gasteiger partial charge in [0.25, 0.3) is 0 Å². The van der Waals surface area contributed by atoms with Crippen molar-refractivity contribution in [2.24, 2.45) is 0 Å². The van der Waals surface area contributed by atoms with Gasteiger partial charge >= 0.3 is 0 Å². The number of aryl methyl sites for hydroxylation is 3. The molecule has 0 aliphatic heterocycles. The fourth-order valence-electron chi connectivity index (χ4n) is 3.04. The summed E-state index contributed by atoms with van der Waals surface area (Å²) < 4.78 is 5.85. The first kappa shape index (κ1) is 20.1. The lowest BCUT2D eigenvalue weighted by molar-refractivity contribution is -0.121. The fourth-order valence-corrected chi connectivity index (χ4v) is 3.95. The van der Waals surface area contributed by atoms with Gasteiger partial charge in [-0.15, -0.1) is 11.3 Å². The third kappa shape index (κ3) is 5.20. The summed E-state index contributed by atoms with van der Waals surface area (Å²) in [6.07, 6.45) is 1.13. The zero-order valence-corrected chi connectivity index (χ0v) is 17.4. The molecule has 0 saturated carbocycles. The second kappa shape index (κ2) is 9.51. The Labute approximate surface area is 170 Å². The van der Waals surface area contributed by atoms with Gasteiger partial charge in [0.15, 0.2) is 0 Å². The third-order valence-electron chi connectivity index (χ3n) is 4.60. The van der Waals surface area contributed by atoms with E-state index < -0.39 is 0 Å². The standard InChI is InChI=1S/C23H26N2O2S/c1-16-8-4-5-11-20(16)23-25-19(15-28-23)14-24-21(26)12-7-13-27-22-17(2)9-6-10-18(22)3/h4-6,8-11,15H,7,12-14H2,1-3H3,(H,24,26). The van der Waals surface area contributed by atoms with Crippen LogP contribution in [-0.2, 0) is 11.3 Å². The van der Waals surface area contributed by atoms with Crippen molar-refractivity contribution in [3.05, 3.63) is 70.2 Å². The second-order valence-electron chi connectivity index (χ2n) is 6.91. The van der Waals surface area contributed by atoms with Crippen LogP contribution in [0.1, 0.15) is 35.2 Å². The lowest BCUT2D eigenvalue weighted by atomic mass is 10.1. The molecule has 0 fully saturated rings. The van der Waals surface area contributed by atoms with Crippen LogP contribution in [0.2, 0.25) is 0 Å². The van der Waals surface area contributed by atoms with E-state index in [1.165, 1.54) is 5.56 Å². The van der Waals surface area contributed by atoms with Crippen molar-refractivity contribution >= 4 is 17.2 Å². The molecule has 1 aromatic heterocycles. The van der Waals surface area contributed by atoms with E-state index >= 15 is 0 Å². The number of rotatable bonds is 8. The highest BCUT2D eigenvalue weighted by Crippen LogP contribution is 2.26. The molecule has 3 aromatic rings. The van der Waals surface area contributed by atoms with E-state index in [4.69, 9.17) is 4.74 Å². The number of nitrogens with zero attached hydrogens (tertiary/aromatic N) is 1. The van der Waals surface area contributed by atoms with Gasteiger partial charge in [0.05, 0.1) is 18.8 Å². The molecule has 4 nitrogen and oxygen atoms in total. The van der Waals surface area contributed by atoms with Crippen LogP contribution in [-0.4, -0.2) is 17.5 Å². The molecule has 0 spiro atoms. The first-order chi connectivity index (χ1) is 13.5.